The van der Waals surface area contributed by atoms with E-state index in [0.717, 1.165) is 47.1 Å². The highest BCUT2D eigenvalue weighted by molar-refractivity contribution is 7.92. The number of morpholine rings is 1. The summed E-state index contributed by atoms with van der Waals surface area (Å²) in [5, 5.41) is 8.05. The maximum atomic E-state index is 11.8. The number of ether oxygens (including phenoxy) is 2. The third kappa shape index (κ3) is 7.02. The number of methoxy groups -OCH3 is 1. The Kier molecular flexibility index (Phi) is 8.68. The van der Waals surface area contributed by atoms with Gasteiger partial charge in [0.25, 0.3) is 0 Å². The third-order valence-corrected chi connectivity index (χ3v) is 6.48. The van der Waals surface area contributed by atoms with Gasteiger partial charge in [0, 0.05) is 38.7 Å². The molecule has 4 aromatic rings. The lowest BCUT2D eigenvalue weighted by molar-refractivity contribution is -0.0718. The standard InChI is InChI=1S/C24H28N6O5S.C3H6.2H2/c1-14-11-30(12-15(2)34-14)13-18-9-26-23(35-18)19-5-16(6-21-20(19)10-27-28-21)17-7-22(29-36(4,31)32)24(33-3)25-8-17;1-3-2;;/h5-10,14-15,29H,11-13H2,1-4H3,(H,27,28);3H,1H2,2H3;2*1H/t14-,15+;;;. The molecule has 0 bridgehead atoms. The number of aromatic amines is 1. The van der Waals surface area contributed by atoms with E-state index >= 15 is 0 Å². The topological polar surface area (TPSA) is 135 Å². The minimum Gasteiger partial charge on any atom is -0.480 e. The second-order valence-corrected chi connectivity index (χ2v) is 11.2. The lowest BCUT2D eigenvalue weighted by Crippen LogP contribution is -2.44. The molecule has 5 rings (SSSR count). The molecule has 0 saturated carbocycles. The summed E-state index contributed by atoms with van der Waals surface area (Å²) in [5.41, 5.74) is 3.26. The molecule has 1 aromatic carbocycles. The predicted octanol–water partition coefficient (Wildman–Crippen LogP) is 4.95. The Morgan fingerprint density at radius 1 is 1.18 bits per heavy atom. The summed E-state index contributed by atoms with van der Waals surface area (Å²) in [7, 11) is -2.09. The van der Waals surface area contributed by atoms with E-state index in [1.807, 2.05) is 19.1 Å². The zero-order chi connectivity index (χ0) is 28.2. The molecule has 4 heterocycles. The van der Waals surface area contributed by atoms with E-state index in [1.165, 1.54) is 7.11 Å². The summed E-state index contributed by atoms with van der Waals surface area (Å²) >= 11 is 0. The van der Waals surface area contributed by atoms with Crippen LogP contribution in [0, 0.1) is 0 Å². The van der Waals surface area contributed by atoms with Gasteiger partial charge in [-0.15, -0.1) is 6.58 Å². The number of anilines is 1. The summed E-state index contributed by atoms with van der Waals surface area (Å²) in [6.07, 6.45) is 8.26. The summed E-state index contributed by atoms with van der Waals surface area (Å²) in [6.45, 7) is 11.7. The Bertz CT molecular complexity index is 1550. The Balaban J connectivity index is 0.00000113. The van der Waals surface area contributed by atoms with Crippen LogP contribution in [0.15, 0.2) is 53.9 Å². The van der Waals surface area contributed by atoms with Gasteiger partial charge < -0.3 is 13.9 Å². The average Bonchev–Trinajstić information content (AvgIpc) is 3.52. The van der Waals surface area contributed by atoms with Crippen LogP contribution in [0.2, 0.25) is 0 Å². The van der Waals surface area contributed by atoms with E-state index in [0.29, 0.717) is 18.0 Å². The summed E-state index contributed by atoms with van der Waals surface area (Å²) < 4.78 is 43.4. The Morgan fingerprint density at radius 2 is 1.90 bits per heavy atom. The van der Waals surface area contributed by atoms with Crippen LogP contribution >= 0.6 is 0 Å². The van der Waals surface area contributed by atoms with Crippen LogP contribution in [0.3, 0.4) is 0 Å². The van der Waals surface area contributed by atoms with E-state index in [9.17, 15) is 8.42 Å². The first-order valence-corrected chi connectivity index (χ1v) is 14.4. The van der Waals surface area contributed by atoms with Crippen LogP contribution < -0.4 is 9.46 Å². The van der Waals surface area contributed by atoms with Crippen molar-refractivity contribution in [1.29, 1.82) is 0 Å². The number of oxazole rings is 1. The quantitative estimate of drug-likeness (QED) is 0.302. The first-order valence-electron chi connectivity index (χ1n) is 12.5. The van der Waals surface area contributed by atoms with Crippen molar-refractivity contribution in [2.45, 2.75) is 39.5 Å². The molecule has 212 valence electrons. The summed E-state index contributed by atoms with van der Waals surface area (Å²) in [5.74, 6) is 1.42. The Hall–Kier alpha value is -3.74. The molecular weight excluding hydrogens is 520 g/mol. The van der Waals surface area contributed by atoms with Crippen molar-refractivity contribution in [3.05, 3.63) is 55.2 Å². The molecule has 1 saturated heterocycles. The van der Waals surface area contributed by atoms with E-state index < -0.39 is 10.0 Å². The van der Waals surface area contributed by atoms with Gasteiger partial charge in [0.2, 0.25) is 21.8 Å². The number of sulfonamides is 1. The second-order valence-electron chi connectivity index (χ2n) is 9.50. The number of nitrogens with one attached hydrogen (secondary N) is 2. The number of benzene rings is 1. The van der Waals surface area contributed by atoms with Crippen LogP contribution in [-0.4, -0.2) is 72.1 Å². The maximum Gasteiger partial charge on any atom is 0.238 e. The van der Waals surface area contributed by atoms with Gasteiger partial charge in [0.15, 0.2) is 0 Å². The van der Waals surface area contributed by atoms with Crippen molar-refractivity contribution in [3.63, 3.8) is 0 Å². The molecule has 12 heteroatoms. The first-order chi connectivity index (χ1) is 18.6. The van der Waals surface area contributed by atoms with Crippen molar-refractivity contribution in [2.75, 3.05) is 31.2 Å². The van der Waals surface area contributed by atoms with Crippen LogP contribution in [0.25, 0.3) is 33.5 Å². The highest BCUT2D eigenvalue weighted by atomic mass is 32.2. The number of allylic oxidation sites excluding steroid dienone is 1. The number of hydrogen-bond donors (Lipinski definition) is 2. The predicted molar refractivity (Wildman–Crippen MR) is 155 cm³/mol. The number of hydrogen-bond acceptors (Lipinski definition) is 9. The highest BCUT2D eigenvalue weighted by Crippen LogP contribution is 2.35. The van der Waals surface area contributed by atoms with Gasteiger partial charge in [-0.2, -0.15) is 5.10 Å². The Labute approximate surface area is 231 Å². The molecule has 1 fully saturated rings. The van der Waals surface area contributed by atoms with Gasteiger partial charge in [-0.1, -0.05) is 6.08 Å². The normalized spacial score (nSPS) is 17.9. The molecule has 1 aliphatic rings. The number of rotatable bonds is 7. The Morgan fingerprint density at radius 3 is 2.56 bits per heavy atom. The van der Waals surface area contributed by atoms with Crippen LogP contribution in [0.1, 0.15) is 29.4 Å². The largest absolute Gasteiger partial charge is 0.480 e. The summed E-state index contributed by atoms with van der Waals surface area (Å²) in [4.78, 5) is 11.1. The lowest BCUT2D eigenvalue weighted by Gasteiger charge is -2.34. The van der Waals surface area contributed by atoms with Crippen LogP contribution in [0.5, 0.6) is 5.88 Å². The lowest BCUT2D eigenvalue weighted by atomic mass is 10.0. The van der Waals surface area contributed by atoms with Gasteiger partial charge in [-0.3, -0.25) is 14.7 Å². The highest BCUT2D eigenvalue weighted by Gasteiger charge is 2.24. The fourth-order valence-electron chi connectivity index (χ4n) is 4.58. The molecule has 1 aliphatic heterocycles. The van der Waals surface area contributed by atoms with E-state index in [2.05, 4.69) is 50.2 Å². The van der Waals surface area contributed by atoms with Crippen LogP contribution in [0.4, 0.5) is 5.69 Å². The molecule has 2 N–H and O–H groups in total. The van der Waals surface area contributed by atoms with Crippen molar-refractivity contribution in [3.8, 4) is 28.5 Å². The van der Waals surface area contributed by atoms with Gasteiger partial charge >= 0.3 is 0 Å². The van der Waals surface area contributed by atoms with Gasteiger partial charge in [0.1, 0.15) is 11.4 Å². The maximum absolute atomic E-state index is 11.8. The monoisotopic (exact) mass is 558 g/mol. The molecule has 11 nitrogen and oxygen atoms in total. The second kappa shape index (κ2) is 12.0. The zero-order valence-electron chi connectivity index (χ0n) is 22.8. The third-order valence-electron chi connectivity index (χ3n) is 5.89. The fourth-order valence-corrected chi connectivity index (χ4v) is 5.13. The molecule has 0 aliphatic carbocycles. The minimum atomic E-state index is -3.53. The molecular formula is C27H38N6O5S. The summed E-state index contributed by atoms with van der Waals surface area (Å²) in [6, 6.07) is 5.52. The molecule has 0 radical (unpaired) electrons. The minimum absolute atomic E-state index is 0. The van der Waals surface area contributed by atoms with Gasteiger partial charge in [-0.25, -0.2) is 18.4 Å². The number of nitrogens with zero attached hydrogens (tertiary/aromatic N) is 4. The van der Waals surface area contributed by atoms with Gasteiger partial charge in [-0.05, 0) is 44.5 Å². The van der Waals surface area contributed by atoms with Crippen LogP contribution in [-0.2, 0) is 21.3 Å². The smallest absolute Gasteiger partial charge is 0.238 e. The number of fused-ring (bicyclic) bond motifs is 1. The molecule has 3 aromatic heterocycles. The van der Waals surface area contributed by atoms with Crippen molar-refractivity contribution in [2.24, 2.45) is 0 Å². The van der Waals surface area contributed by atoms with Gasteiger partial charge in [0.05, 0.1) is 50.0 Å². The SMILES string of the molecule is C=CC.COc1ncc(-c2cc(-c3ncc(CN4C[C@@H](C)O[C@@H](C)C4)o3)c3cn[nH]c3c2)cc1NS(C)(=O)=O.[HH].[HH]. The van der Waals surface area contributed by atoms with E-state index in [1.54, 1.807) is 30.7 Å². The van der Waals surface area contributed by atoms with Crippen molar-refractivity contribution < 1.29 is 25.2 Å². The average molecular weight is 559 g/mol. The van der Waals surface area contributed by atoms with Crippen molar-refractivity contribution >= 4 is 26.6 Å². The first kappa shape index (κ1) is 28.3. The number of pyridine rings is 1. The number of aromatic nitrogens is 4. The zero-order valence-corrected chi connectivity index (χ0v) is 23.6. The molecule has 2 atom stereocenters. The number of H-pyrrole nitrogens is 1. The molecule has 0 unspecified atom stereocenters. The van der Waals surface area contributed by atoms with E-state index in [-0.39, 0.29) is 26.6 Å². The van der Waals surface area contributed by atoms with E-state index in [4.69, 9.17) is 13.9 Å². The van der Waals surface area contributed by atoms with Crippen molar-refractivity contribution in [1.82, 2.24) is 25.1 Å². The molecule has 0 spiro atoms. The fraction of sp³-hybridized carbons (Fsp3) is 0.370. The molecule has 39 heavy (non-hydrogen) atoms. The molecule has 0 amide bonds.